The molecule has 1 aromatic rings. The van der Waals surface area contributed by atoms with Gasteiger partial charge in [0.2, 0.25) is 5.91 Å². The summed E-state index contributed by atoms with van der Waals surface area (Å²) in [6.07, 6.45) is 1.03. The number of rotatable bonds is 6. The number of nitrogens with one attached hydrogen (secondary N) is 1. The number of carbonyl (C=O) groups excluding carboxylic acids is 1. The van der Waals surface area contributed by atoms with Gasteiger partial charge in [-0.25, -0.2) is 4.79 Å². The van der Waals surface area contributed by atoms with Crippen molar-refractivity contribution in [2.75, 3.05) is 0 Å². The van der Waals surface area contributed by atoms with Gasteiger partial charge in [-0.2, -0.15) is 0 Å². The van der Waals surface area contributed by atoms with Gasteiger partial charge < -0.3 is 10.4 Å². The Hall–Kier alpha value is -1.63. The summed E-state index contributed by atoms with van der Waals surface area (Å²) in [7, 11) is 0. The Morgan fingerprint density at radius 3 is 2.47 bits per heavy atom. The van der Waals surface area contributed by atoms with Gasteiger partial charge in [0.05, 0.1) is 0 Å². The Balaban J connectivity index is 2.74. The van der Waals surface area contributed by atoms with Crippen molar-refractivity contribution in [3.8, 4) is 0 Å². The van der Waals surface area contributed by atoms with Gasteiger partial charge in [0.25, 0.3) is 0 Å². The maximum Gasteiger partial charge on any atom is 0.326 e. The average molecular weight is 286 g/mol. The first kappa shape index (κ1) is 15.4. The number of hydrogen-bond donors (Lipinski definition) is 2. The minimum absolute atomic E-state index is 0.136. The fourth-order valence-corrected chi connectivity index (χ4v) is 2.53. The molecule has 0 saturated carbocycles. The predicted molar refractivity (Wildman–Crippen MR) is 72.5 cm³/mol. The Bertz CT molecular complexity index is 532. The number of thiazole rings is 1. The zero-order valence-corrected chi connectivity index (χ0v) is 12.0. The van der Waals surface area contributed by atoms with Crippen molar-refractivity contribution < 1.29 is 14.7 Å². The lowest BCUT2D eigenvalue weighted by molar-refractivity contribution is -0.142. The van der Waals surface area contributed by atoms with Crippen LogP contribution in [0.1, 0.15) is 30.3 Å². The quantitative estimate of drug-likeness (QED) is 0.813. The number of carboxylic acid groups (broad SMARTS) is 1. The molecule has 0 spiro atoms. The van der Waals surface area contributed by atoms with Crippen LogP contribution in [-0.4, -0.2) is 27.6 Å². The number of aryl methyl sites for hydroxylation is 1. The Morgan fingerprint density at radius 2 is 2.05 bits per heavy atom. The number of nitrogens with zero attached hydrogens (tertiary/aromatic N) is 1. The van der Waals surface area contributed by atoms with E-state index in [4.69, 9.17) is 5.11 Å². The van der Waals surface area contributed by atoms with Crippen LogP contribution in [-0.2, 0) is 16.1 Å². The lowest BCUT2D eigenvalue weighted by atomic mass is 10.1. The van der Waals surface area contributed by atoms with Gasteiger partial charge in [-0.05, 0) is 20.3 Å². The van der Waals surface area contributed by atoms with Crippen molar-refractivity contribution in [2.45, 2.75) is 46.2 Å². The van der Waals surface area contributed by atoms with Crippen LogP contribution >= 0.6 is 11.3 Å². The van der Waals surface area contributed by atoms with E-state index < -0.39 is 17.9 Å². The molecule has 0 saturated heterocycles. The van der Waals surface area contributed by atoms with E-state index in [1.807, 2.05) is 13.8 Å². The minimum atomic E-state index is -1.05. The maximum atomic E-state index is 11.8. The van der Waals surface area contributed by atoms with E-state index in [1.54, 1.807) is 6.92 Å². The van der Waals surface area contributed by atoms with Crippen LogP contribution in [0.5, 0.6) is 0 Å². The minimum Gasteiger partial charge on any atom is -0.480 e. The monoisotopic (exact) mass is 286 g/mol. The summed E-state index contributed by atoms with van der Waals surface area (Å²) in [5, 5.41) is 11.4. The first-order valence-corrected chi connectivity index (χ1v) is 6.87. The summed E-state index contributed by atoms with van der Waals surface area (Å²) in [5.41, 5.74) is 0.743. The number of aliphatic carboxylic acids is 1. The maximum absolute atomic E-state index is 11.8. The number of aromatic nitrogens is 1. The van der Waals surface area contributed by atoms with Crippen LogP contribution in [0.3, 0.4) is 0 Å². The molecule has 2 N–H and O–H groups in total. The first-order valence-electron chi connectivity index (χ1n) is 6.05. The van der Waals surface area contributed by atoms with Crippen molar-refractivity contribution in [1.29, 1.82) is 0 Å². The molecule has 0 aliphatic rings. The van der Waals surface area contributed by atoms with Gasteiger partial charge in [-0.1, -0.05) is 24.7 Å². The standard InChI is InChI=1S/C12H18N2O4S/c1-4-5-9(11(16)17)13-10(15)6-14-7(2)8(3)19-12(14)18/h9H,4-6H2,1-3H3,(H,13,15)(H,16,17). The van der Waals surface area contributed by atoms with Gasteiger partial charge in [0.1, 0.15) is 12.6 Å². The third-order valence-electron chi connectivity index (χ3n) is 2.89. The normalized spacial score (nSPS) is 12.2. The molecule has 6 nitrogen and oxygen atoms in total. The summed E-state index contributed by atoms with van der Waals surface area (Å²) in [4.78, 5) is 35.0. The van der Waals surface area contributed by atoms with Gasteiger partial charge >= 0.3 is 10.8 Å². The van der Waals surface area contributed by atoms with Crippen LogP contribution in [0.25, 0.3) is 0 Å². The topological polar surface area (TPSA) is 88.4 Å². The average Bonchev–Trinajstić information content (AvgIpc) is 2.55. The second-order valence-electron chi connectivity index (χ2n) is 4.34. The summed E-state index contributed by atoms with van der Waals surface area (Å²) in [6.45, 7) is 5.29. The summed E-state index contributed by atoms with van der Waals surface area (Å²) >= 11 is 1.08. The van der Waals surface area contributed by atoms with E-state index >= 15 is 0 Å². The predicted octanol–water partition coefficient (Wildman–Crippen LogP) is 0.896. The second-order valence-corrected chi connectivity index (χ2v) is 5.51. The van der Waals surface area contributed by atoms with Gasteiger partial charge in [0.15, 0.2) is 0 Å². The highest BCUT2D eigenvalue weighted by Gasteiger charge is 2.20. The van der Waals surface area contributed by atoms with E-state index in [2.05, 4.69) is 5.32 Å². The molecule has 0 aromatic carbocycles. The lowest BCUT2D eigenvalue weighted by Gasteiger charge is -2.14. The largest absolute Gasteiger partial charge is 0.480 e. The summed E-state index contributed by atoms with van der Waals surface area (Å²) < 4.78 is 1.36. The van der Waals surface area contributed by atoms with Crippen LogP contribution in [0.2, 0.25) is 0 Å². The van der Waals surface area contributed by atoms with Crippen LogP contribution in [0.15, 0.2) is 4.79 Å². The third kappa shape index (κ3) is 3.92. The number of hydrogen-bond acceptors (Lipinski definition) is 4. The van der Waals surface area contributed by atoms with Crippen LogP contribution in [0, 0.1) is 13.8 Å². The first-order chi connectivity index (χ1) is 8.86. The molecule has 0 aliphatic carbocycles. The molecule has 0 fully saturated rings. The van der Waals surface area contributed by atoms with Crippen molar-refractivity contribution in [3.05, 3.63) is 20.2 Å². The van der Waals surface area contributed by atoms with E-state index in [9.17, 15) is 14.4 Å². The molecular formula is C12H18N2O4S. The van der Waals surface area contributed by atoms with Crippen molar-refractivity contribution in [3.63, 3.8) is 0 Å². The SMILES string of the molecule is CCCC(NC(=O)Cn1c(C)c(C)sc1=O)C(=O)O. The lowest BCUT2D eigenvalue weighted by Crippen LogP contribution is -2.43. The fourth-order valence-electron chi connectivity index (χ4n) is 1.70. The van der Waals surface area contributed by atoms with E-state index in [-0.39, 0.29) is 11.4 Å². The smallest absolute Gasteiger partial charge is 0.326 e. The molecular weight excluding hydrogens is 268 g/mol. The number of carboxylic acids is 1. The second kappa shape index (κ2) is 6.51. The molecule has 0 bridgehead atoms. The molecule has 1 heterocycles. The molecule has 1 aromatic heterocycles. The van der Waals surface area contributed by atoms with Crippen molar-refractivity contribution in [1.82, 2.24) is 9.88 Å². The summed E-state index contributed by atoms with van der Waals surface area (Å²) in [6, 6.07) is -0.895. The van der Waals surface area contributed by atoms with Gasteiger partial charge in [-0.15, -0.1) is 0 Å². The van der Waals surface area contributed by atoms with E-state index in [0.717, 1.165) is 21.9 Å². The zero-order valence-electron chi connectivity index (χ0n) is 11.2. The highest BCUT2D eigenvalue weighted by molar-refractivity contribution is 7.09. The third-order valence-corrected chi connectivity index (χ3v) is 3.88. The van der Waals surface area contributed by atoms with Gasteiger partial charge in [-0.3, -0.25) is 14.2 Å². The molecule has 1 amide bonds. The van der Waals surface area contributed by atoms with E-state index in [0.29, 0.717) is 12.8 Å². The zero-order chi connectivity index (χ0) is 14.6. The highest BCUT2D eigenvalue weighted by Crippen LogP contribution is 2.09. The number of carbonyl (C=O) groups is 2. The Morgan fingerprint density at radius 1 is 1.42 bits per heavy atom. The Labute approximate surface area is 115 Å². The molecule has 1 atom stereocenters. The summed E-state index contributed by atoms with van der Waals surface area (Å²) in [5.74, 6) is -1.51. The van der Waals surface area contributed by atoms with Crippen molar-refractivity contribution >= 4 is 23.2 Å². The van der Waals surface area contributed by atoms with E-state index in [1.165, 1.54) is 4.57 Å². The fraction of sp³-hybridized carbons (Fsp3) is 0.583. The molecule has 7 heteroatoms. The molecule has 0 aliphatic heterocycles. The highest BCUT2D eigenvalue weighted by atomic mass is 32.1. The molecule has 1 rings (SSSR count). The molecule has 0 radical (unpaired) electrons. The van der Waals surface area contributed by atoms with Crippen LogP contribution in [0.4, 0.5) is 0 Å². The molecule has 106 valence electrons. The van der Waals surface area contributed by atoms with Crippen LogP contribution < -0.4 is 10.2 Å². The van der Waals surface area contributed by atoms with Gasteiger partial charge in [0, 0.05) is 10.6 Å². The molecule has 19 heavy (non-hydrogen) atoms. The number of amides is 1. The Kier molecular flexibility index (Phi) is 5.29. The van der Waals surface area contributed by atoms with Crippen molar-refractivity contribution in [2.24, 2.45) is 0 Å². The molecule has 1 unspecified atom stereocenters.